The number of rotatable bonds is 8. The van der Waals surface area contributed by atoms with Gasteiger partial charge >= 0.3 is 0 Å². The Bertz CT molecular complexity index is 1580. The molecular weight excluding hydrogens is 486 g/mol. The highest BCUT2D eigenvalue weighted by Gasteiger charge is 2.24. The predicted octanol–water partition coefficient (Wildman–Crippen LogP) is 5.11. The molecule has 5 aromatic rings. The number of nitrogens with zero attached hydrogens (tertiary/aromatic N) is 8. The van der Waals surface area contributed by atoms with Crippen LogP contribution in [0.25, 0.3) is 33.4 Å². The summed E-state index contributed by atoms with van der Waals surface area (Å²) in [5.74, 6) is 2.05. The fourth-order valence-electron chi connectivity index (χ4n) is 4.43. The van der Waals surface area contributed by atoms with Crippen LogP contribution in [0.2, 0.25) is 0 Å². The molecule has 5 aromatic heterocycles. The van der Waals surface area contributed by atoms with E-state index in [2.05, 4.69) is 57.4 Å². The Hall–Kier alpha value is -3.70. The molecule has 37 heavy (non-hydrogen) atoms. The van der Waals surface area contributed by atoms with Gasteiger partial charge in [0.05, 0.1) is 42.7 Å². The third-order valence-corrected chi connectivity index (χ3v) is 7.88. The summed E-state index contributed by atoms with van der Waals surface area (Å²) in [6.45, 7) is 5.81. The molecule has 11 heteroatoms. The molecule has 1 N–H and O–H groups in total. The third-order valence-electron chi connectivity index (χ3n) is 6.69. The van der Waals surface area contributed by atoms with Crippen LogP contribution in [0.5, 0.6) is 0 Å². The van der Waals surface area contributed by atoms with E-state index in [4.69, 9.17) is 14.7 Å². The maximum Gasteiger partial charge on any atom is 0.164 e. The lowest BCUT2D eigenvalue weighted by Gasteiger charge is -2.25. The van der Waals surface area contributed by atoms with E-state index in [0.717, 1.165) is 46.6 Å². The van der Waals surface area contributed by atoms with E-state index < -0.39 is 0 Å². The summed E-state index contributed by atoms with van der Waals surface area (Å²) in [6, 6.07) is 4.54. The van der Waals surface area contributed by atoms with E-state index in [0.29, 0.717) is 22.9 Å². The average Bonchev–Trinajstić information content (AvgIpc) is 3.22. The van der Waals surface area contributed by atoms with Crippen LogP contribution in [0.15, 0.2) is 55.5 Å². The molecule has 1 aliphatic heterocycles. The molecule has 2 aliphatic rings. The number of aromatic nitrogens is 8. The van der Waals surface area contributed by atoms with E-state index in [1.807, 2.05) is 39.6 Å². The normalized spacial score (nSPS) is 16.0. The van der Waals surface area contributed by atoms with Crippen molar-refractivity contribution in [2.24, 2.45) is 0 Å². The van der Waals surface area contributed by atoms with E-state index in [-0.39, 0.29) is 6.04 Å². The third kappa shape index (κ3) is 4.38. The van der Waals surface area contributed by atoms with Crippen molar-refractivity contribution in [1.29, 1.82) is 0 Å². The number of pyridine rings is 1. The standard InChI is InChI=1S/C26H27N9OS/c1-16(2)33-13-22(17-8-29-34(11-17)19-14-36-15-19)21-10-28-25(7-23(21)33)31-24-5-6-27-26(32-24)18-9-30-35(12-18)37-20-3-4-20/h5-13,16,19-20H,3-4,14-15H2,1-2H3,(H,27,28,31,32). The molecule has 1 aliphatic carbocycles. The fourth-order valence-corrected chi connectivity index (χ4v) is 5.35. The molecule has 1 saturated carbocycles. The quantitative estimate of drug-likeness (QED) is 0.306. The first-order chi connectivity index (χ1) is 18.1. The van der Waals surface area contributed by atoms with Crippen molar-refractivity contribution >= 4 is 34.5 Å². The van der Waals surface area contributed by atoms with Gasteiger partial charge in [0.1, 0.15) is 11.6 Å². The van der Waals surface area contributed by atoms with Gasteiger partial charge in [-0.1, -0.05) is 0 Å². The topological polar surface area (TPSA) is 101 Å². The predicted molar refractivity (Wildman–Crippen MR) is 144 cm³/mol. The lowest BCUT2D eigenvalue weighted by atomic mass is 10.1. The molecule has 7 rings (SSSR count). The van der Waals surface area contributed by atoms with Crippen molar-refractivity contribution in [1.82, 2.24) is 38.5 Å². The minimum atomic E-state index is 0.289. The van der Waals surface area contributed by atoms with E-state index in [9.17, 15) is 0 Å². The molecule has 188 valence electrons. The van der Waals surface area contributed by atoms with Gasteiger partial charge in [0.2, 0.25) is 0 Å². The first-order valence-electron chi connectivity index (χ1n) is 12.6. The molecule has 2 fully saturated rings. The lowest BCUT2D eigenvalue weighted by Crippen LogP contribution is -2.30. The summed E-state index contributed by atoms with van der Waals surface area (Å²) in [5.41, 5.74) is 4.21. The van der Waals surface area contributed by atoms with Gasteiger partial charge in [0.15, 0.2) is 5.82 Å². The van der Waals surface area contributed by atoms with E-state index >= 15 is 0 Å². The molecule has 6 heterocycles. The maximum absolute atomic E-state index is 5.33. The number of nitrogens with one attached hydrogen (secondary N) is 1. The molecule has 0 amide bonds. The monoisotopic (exact) mass is 513 g/mol. The lowest BCUT2D eigenvalue weighted by molar-refractivity contribution is -0.0286. The van der Waals surface area contributed by atoms with Crippen molar-refractivity contribution in [3.05, 3.63) is 55.5 Å². The molecule has 0 atom stereocenters. The summed E-state index contributed by atoms with van der Waals surface area (Å²) in [5, 5.41) is 14.2. The molecule has 0 spiro atoms. The molecule has 0 bridgehead atoms. The van der Waals surface area contributed by atoms with Crippen molar-refractivity contribution in [3.8, 4) is 22.5 Å². The van der Waals surface area contributed by atoms with Crippen LogP contribution >= 0.6 is 11.9 Å². The molecule has 10 nitrogen and oxygen atoms in total. The Morgan fingerprint density at radius 2 is 1.86 bits per heavy atom. The Morgan fingerprint density at radius 3 is 2.65 bits per heavy atom. The van der Waals surface area contributed by atoms with E-state index in [1.54, 1.807) is 18.1 Å². The average molecular weight is 514 g/mol. The Balaban J connectivity index is 1.17. The van der Waals surface area contributed by atoms with Gasteiger partial charge in [-0.3, -0.25) is 4.68 Å². The highest BCUT2D eigenvalue weighted by atomic mass is 32.2. The molecule has 1 saturated heterocycles. The van der Waals surface area contributed by atoms with Gasteiger partial charge in [-0.2, -0.15) is 10.2 Å². The van der Waals surface area contributed by atoms with Gasteiger partial charge in [-0.15, -0.1) is 0 Å². The smallest absolute Gasteiger partial charge is 0.164 e. The van der Waals surface area contributed by atoms with Gasteiger partial charge < -0.3 is 14.6 Å². The molecule has 0 aromatic carbocycles. The van der Waals surface area contributed by atoms with Gasteiger partial charge in [0.25, 0.3) is 0 Å². The zero-order valence-corrected chi connectivity index (χ0v) is 21.5. The van der Waals surface area contributed by atoms with Crippen LogP contribution in [-0.4, -0.2) is 56.9 Å². The minimum Gasteiger partial charge on any atom is -0.377 e. The Morgan fingerprint density at radius 1 is 1.00 bits per heavy atom. The first-order valence-corrected chi connectivity index (χ1v) is 13.4. The SMILES string of the molecule is CC(C)n1cc(-c2cnn(C3COC3)c2)c2cnc(Nc3ccnc(-c4cnn(SC5CC5)c4)n3)cc21. The Labute approximate surface area is 218 Å². The Kier molecular flexibility index (Phi) is 5.47. The number of ether oxygens (including phenoxy) is 1. The van der Waals surface area contributed by atoms with Crippen molar-refractivity contribution in [2.45, 2.75) is 44.0 Å². The molecular formula is C26H27N9OS. The fraction of sp³-hybridized carbons (Fsp3) is 0.346. The van der Waals surface area contributed by atoms with Gasteiger partial charge in [-0.05, 0) is 44.7 Å². The number of hydrogen-bond acceptors (Lipinski definition) is 8. The second-order valence-electron chi connectivity index (χ2n) is 9.86. The van der Waals surface area contributed by atoms with Crippen LogP contribution in [0.4, 0.5) is 11.6 Å². The van der Waals surface area contributed by atoms with Gasteiger partial charge in [-0.25, -0.2) is 19.0 Å². The zero-order valence-electron chi connectivity index (χ0n) is 20.7. The highest BCUT2D eigenvalue weighted by molar-refractivity contribution is 7.98. The minimum absolute atomic E-state index is 0.289. The summed E-state index contributed by atoms with van der Waals surface area (Å²) in [4.78, 5) is 13.9. The van der Waals surface area contributed by atoms with E-state index in [1.165, 1.54) is 12.8 Å². The van der Waals surface area contributed by atoms with Crippen LogP contribution in [-0.2, 0) is 4.74 Å². The molecule has 0 unspecified atom stereocenters. The summed E-state index contributed by atoms with van der Waals surface area (Å²) < 4.78 is 11.5. The number of anilines is 2. The summed E-state index contributed by atoms with van der Waals surface area (Å²) >= 11 is 1.75. The van der Waals surface area contributed by atoms with Crippen molar-refractivity contribution < 1.29 is 4.74 Å². The van der Waals surface area contributed by atoms with Gasteiger partial charge in [0, 0.05) is 64.9 Å². The van der Waals surface area contributed by atoms with Crippen LogP contribution in [0.3, 0.4) is 0 Å². The summed E-state index contributed by atoms with van der Waals surface area (Å²) in [7, 11) is 0. The van der Waals surface area contributed by atoms with Crippen molar-refractivity contribution in [2.75, 3.05) is 18.5 Å². The van der Waals surface area contributed by atoms with Crippen molar-refractivity contribution in [3.63, 3.8) is 0 Å². The number of fused-ring (bicyclic) bond motifs is 1. The molecule has 0 radical (unpaired) electrons. The second-order valence-corrected chi connectivity index (χ2v) is 11.1. The van der Waals surface area contributed by atoms with Crippen LogP contribution in [0.1, 0.15) is 38.8 Å². The van der Waals surface area contributed by atoms with Crippen LogP contribution < -0.4 is 5.32 Å². The largest absolute Gasteiger partial charge is 0.377 e. The number of hydrogen-bond donors (Lipinski definition) is 1. The first kappa shape index (κ1) is 22.5. The summed E-state index contributed by atoms with van der Waals surface area (Å²) in [6.07, 6.45) is 16.2. The zero-order chi connectivity index (χ0) is 24.9. The maximum atomic E-state index is 5.33. The van der Waals surface area contributed by atoms with Crippen LogP contribution in [0, 0.1) is 0 Å². The second kappa shape index (κ2) is 9.00. The highest BCUT2D eigenvalue weighted by Crippen LogP contribution is 2.36.